The zero-order valence-electron chi connectivity index (χ0n) is 11.0. The Kier molecular flexibility index (Phi) is 4.21. The number of aliphatic hydroxyl groups excluding tert-OH is 1. The van der Waals surface area contributed by atoms with E-state index in [1.54, 1.807) is 0 Å². The lowest BCUT2D eigenvalue weighted by Crippen LogP contribution is -1.98. The van der Waals surface area contributed by atoms with E-state index >= 15 is 0 Å². The summed E-state index contributed by atoms with van der Waals surface area (Å²) < 4.78 is 5.44. The largest absolute Gasteiger partial charge is 0.463 e. The normalized spacial score (nSPS) is 12.6. The van der Waals surface area contributed by atoms with E-state index in [0.717, 1.165) is 17.7 Å². The smallest absolute Gasteiger partial charge is 0.137 e. The Morgan fingerprint density at radius 1 is 1.11 bits per heavy atom. The van der Waals surface area contributed by atoms with Gasteiger partial charge >= 0.3 is 0 Å². The maximum absolute atomic E-state index is 10.2. The van der Waals surface area contributed by atoms with E-state index in [9.17, 15) is 5.11 Å². The number of furan rings is 1. The van der Waals surface area contributed by atoms with Gasteiger partial charge in [-0.05, 0) is 43.0 Å². The molecule has 0 amide bonds. The Balaban J connectivity index is 2.09. The van der Waals surface area contributed by atoms with Crippen molar-refractivity contribution >= 4 is 0 Å². The summed E-state index contributed by atoms with van der Waals surface area (Å²) in [6.07, 6.45) is 2.85. The molecule has 0 saturated heterocycles. The van der Waals surface area contributed by atoms with Gasteiger partial charge in [0.1, 0.15) is 17.6 Å². The van der Waals surface area contributed by atoms with Crippen LogP contribution in [-0.2, 0) is 6.42 Å². The lowest BCUT2D eigenvalue weighted by atomic mass is 10.0. The van der Waals surface area contributed by atoms with Crippen molar-refractivity contribution in [1.29, 1.82) is 0 Å². The quantitative estimate of drug-likeness (QED) is 0.862. The predicted octanol–water partition coefficient (Wildman–Crippen LogP) is 4.01. The molecule has 1 heterocycles. The maximum Gasteiger partial charge on any atom is 0.137 e. The fraction of sp³-hybridized carbons (Fsp3) is 0.375. The first kappa shape index (κ1) is 12.9. The molecule has 0 aliphatic carbocycles. The molecule has 1 aromatic heterocycles. The van der Waals surface area contributed by atoms with E-state index in [4.69, 9.17) is 4.42 Å². The van der Waals surface area contributed by atoms with Crippen molar-refractivity contribution in [3.63, 3.8) is 0 Å². The zero-order valence-corrected chi connectivity index (χ0v) is 11.0. The highest BCUT2D eigenvalue weighted by Gasteiger charge is 2.13. The molecule has 2 aromatic rings. The Hall–Kier alpha value is -1.54. The van der Waals surface area contributed by atoms with Gasteiger partial charge in [-0.25, -0.2) is 0 Å². The van der Waals surface area contributed by atoms with E-state index in [-0.39, 0.29) is 0 Å². The molecule has 1 unspecified atom stereocenters. The van der Waals surface area contributed by atoms with Gasteiger partial charge in [-0.1, -0.05) is 37.6 Å². The lowest BCUT2D eigenvalue weighted by molar-refractivity contribution is 0.187. The van der Waals surface area contributed by atoms with Crippen molar-refractivity contribution in [2.75, 3.05) is 0 Å². The van der Waals surface area contributed by atoms with Gasteiger partial charge in [0, 0.05) is 0 Å². The minimum absolute atomic E-state index is 0.605. The molecule has 2 rings (SSSR count). The fourth-order valence-electron chi connectivity index (χ4n) is 2.01. The van der Waals surface area contributed by atoms with Crippen LogP contribution in [0.3, 0.4) is 0 Å². The monoisotopic (exact) mass is 244 g/mol. The molecule has 0 saturated carbocycles. The van der Waals surface area contributed by atoms with Gasteiger partial charge in [-0.3, -0.25) is 0 Å². The molecule has 18 heavy (non-hydrogen) atoms. The van der Waals surface area contributed by atoms with Crippen LogP contribution < -0.4 is 0 Å². The summed E-state index contributed by atoms with van der Waals surface area (Å²) in [5, 5.41) is 10.2. The standard InChI is InChI=1S/C16H20O2/c1-3-4-5-13-7-9-14(10-8-13)16(17)15-11-6-12(2)18-15/h6-11,16-17H,3-5H2,1-2H3. The lowest BCUT2D eigenvalue weighted by Gasteiger charge is -2.09. The Morgan fingerprint density at radius 3 is 2.39 bits per heavy atom. The van der Waals surface area contributed by atoms with E-state index in [2.05, 4.69) is 19.1 Å². The topological polar surface area (TPSA) is 33.4 Å². The molecule has 0 aliphatic heterocycles. The van der Waals surface area contributed by atoms with Crippen molar-refractivity contribution < 1.29 is 9.52 Å². The number of benzene rings is 1. The van der Waals surface area contributed by atoms with Crippen LogP contribution >= 0.6 is 0 Å². The molecule has 2 nitrogen and oxygen atoms in total. The van der Waals surface area contributed by atoms with Crippen LogP contribution in [0, 0.1) is 6.92 Å². The summed E-state index contributed by atoms with van der Waals surface area (Å²) in [5.74, 6) is 1.43. The summed E-state index contributed by atoms with van der Waals surface area (Å²) in [5.41, 5.74) is 2.20. The maximum atomic E-state index is 10.2. The molecular weight excluding hydrogens is 224 g/mol. The number of hydrogen-bond donors (Lipinski definition) is 1. The van der Waals surface area contributed by atoms with Crippen molar-refractivity contribution in [3.05, 3.63) is 59.0 Å². The third-order valence-corrected chi connectivity index (χ3v) is 3.15. The second-order valence-electron chi connectivity index (χ2n) is 4.70. The SMILES string of the molecule is CCCCc1ccc(C(O)c2ccc(C)o2)cc1. The van der Waals surface area contributed by atoms with Crippen molar-refractivity contribution in [3.8, 4) is 0 Å². The molecule has 96 valence electrons. The van der Waals surface area contributed by atoms with Crippen LogP contribution in [0.5, 0.6) is 0 Å². The molecule has 1 atom stereocenters. The second kappa shape index (κ2) is 5.87. The number of aryl methyl sites for hydroxylation is 2. The highest BCUT2D eigenvalue weighted by Crippen LogP contribution is 2.24. The number of unbranched alkanes of at least 4 members (excludes halogenated alkanes) is 1. The van der Waals surface area contributed by atoms with E-state index in [0.29, 0.717) is 5.76 Å². The van der Waals surface area contributed by atoms with Gasteiger partial charge < -0.3 is 9.52 Å². The van der Waals surface area contributed by atoms with Crippen molar-refractivity contribution in [2.24, 2.45) is 0 Å². The van der Waals surface area contributed by atoms with E-state index < -0.39 is 6.10 Å². The van der Waals surface area contributed by atoms with Gasteiger partial charge in [0.2, 0.25) is 0 Å². The van der Waals surface area contributed by atoms with Gasteiger partial charge in [0.25, 0.3) is 0 Å². The van der Waals surface area contributed by atoms with Gasteiger partial charge in [-0.2, -0.15) is 0 Å². The van der Waals surface area contributed by atoms with Crippen LogP contribution in [0.15, 0.2) is 40.8 Å². The van der Waals surface area contributed by atoms with Crippen molar-refractivity contribution in [1.82, 2.24) is 0 Å². The summed E-state index contributed by atoms with van der Waals surface area (Å²) >= 11 is 0. The minimum atomic E-state index is -0.668. The van der Waals surface area contributed by atoms with Crippen LogP contribution in [0.4, 0.5) is 0 Å². The average Bonchev–Trinajstić information content (AvgIpc) is 2.83. The Morgan fingerprint density at radius 2 is 1.83 bits per heavy atom. The first-order valence-corrected chi connectivity index (χ1v) is 6.54. The molecule has 1 N–H and O–H groups in total. The highest BCUT2D eigenvalue weighted by atomic mass is 16.4. The third-order valence-electron chi connectivity index (χ3n) is 3.15. The fourth-order valence-corrected chi connectivity index (χ4v) is 2.01. The van der Waals surface area contributed by atoms with Crippen LogP contribution in [0.1, 0.15) is 48.5 Å². The first-order chi connectivity index (χ1) is 8.70. The highest BCUT2D eigenvalue weighted by molar-refractivity contribution is 5.28. The van der Waals surface area contributed by atoms with Gasteiger partial charge in [0.05, 0.1) is 0 Å². The Bertz CT molecular complexity index is 482. The molecule has 0 radical (unpaired) electrons. The van der Waals surface area contributed by atoms with Gasteiger partial charge in [-0.15, -0.1) is 0 Å². The van der Waals surface area contributed by atoms with E-state index in [1.165, 1.54) is 18.4 Å². The summed E-state index contributed by atoms with van der Waals surface area (Å²) in [4.78, 5) is 0. The zero-order chi connectivity index (χ0) is 13.0. The Labute approximate surface area is 108 Å². The summed E-state index contributed by atoms with van der Waals surface area (Å²) in [7, 11) is 0. The molecule has 2 heteroatoms. The number of aliphatic hydroxyl groups is 1. The minimum Gasteiger partial charge on any atom is -0.463 e. The summed E-state index contributed by atoms with van der Waals surface area (Å²) in [6, 6.07) is 11.8. The van der Waals surface area contributed by atoms with Gasteiger partial charge in [0.15, 0.2) is 0 Å². The molecule has 0 fully saturated rings. The van der Waals surface area contributed by atoms with Crippen LogP contribution in [-0.4, -0.2) is 5.11 Å². The number of rotatable bonds is 5. The molecule has 0 bridgehead atoms. The average molecular weight is 244 g/mol. The third kappa shape index (κ3) is 3.02. The van der Waals surface area contributed by atoms with Crippen LogP contribution in [0.2, 0.25) is 0 Å². The summed E-state index contributed by atoms with van der Waals surface area (Å²) in [6.45, 7) is 4.07. The predicted molar refractivity (Wildman–Crippen MR) is 72.6 cm³/mol. The number of hydrogen-bond acceptors (Lipinski definition) is 2. The van der Waals surface area contributed by atoms with Crippen molar-refractivity contribution in [2.45, 2.75) is 39.2 Å². The molecule has 0 spiro atoms. The molecular formula is C16H20O2. The van der Waals surface area contributed by atoms with E-state index in [1.807, 2.05) is 31.2 Å². The molecule has 0 aliphatic rings. The second-order valence-corrected chi connectivity index (χ2v) is 4.70. The van der Waals surface area contributed by atoms with Crippen LogP contribution in [0.25, 0.3) is 0 Å². The first-order valence-electron chi connectivity index (χ1n) is 6.54. The molecule has 1 aromatic carbocycles.